The Balaban J connectivity index is 1.86. The van der Waals surface area contributed by atoms with Crippen LogP contribution in [0.15, 0.2) is 42.6 Å². The number of fused-ring (bicyclic) bond motifs is 1. The second kappa shape index (κ2) is 7.25. The highest BCUT2D eigenvalue weighted by molar-refractivity contribution is 5.96. The summed E-state index contributed by atoms with van der Waals surface area (Å²) in [5.41, 5.74) is 9.93. The molecular formula is C21H18N6O3. The Morgan fingerprint density at radius 2 is 1.80 bits per heavy atom. The van der Waals surface area contributed by atoms with Crippen molar-refractivity contribution in [3.05, 3.63) is 59.4 Å². The lowest BCUT2D eigenvalue weighted by molar-refractivity contribution is 0.0593. The molecule has 0 unspecified atom stereocenters. The number of anilines is 1. The van der Waals surface area contributed by atoms with E-state index in [9.17, 15) is 10.1 Å². The van der Waals surface area contributed by atoms with E-state index in [1.54, 1.807) is 17.7 Å². The van der Waals surface area contributed by atoms with Crippen molar-refractivity contribution in [2.75, 3.05) is 20.0 Å². The van der Waals surface area contributed by atoms with Crippen LogP contribution in [0.25, 0.3) is 22.4 Å². The number of hydrogen-bond acceptors (Lipinski definition) is 7. The quantitative estimate of drug-likeness (QED) is 0.521. The standard InChI is InChI=1S/C21H18N6O3/c1-12-8-16-17(25-27(24-16)14-4-6-15(29-2)7-5-14)9-18(12)26-11-13(10-22)19(23)20(26)21(28)30-3/h4-9,11H,23H2,1-3H3. The van der Waals surface area contributed by atoms with Crippen molar-refractivity contribution in [3.63, 3.8) is 0 Å². The number of carbonyl (C=O) groups is 1. The summed E-state index contributed by atoms with van der Waals surface area (Å²) in [6.07, 6.45) is 1.52. The van der Waals surface area contributed by atoms with Crippen LogP contribution in [0.5, 0.6) is 5.75 Å². The topological polar surface area (TPSA) is 121 Å². The van der Waals surface area contributed by atoms with Gasteiger partial charge >= 0.3 is 5.97 Å². The molecule has 0 aliphatic rings. The smallest absolute Gasteiger partial charge is 0.357 e. The number of aryl methyl sites for hydroxylation is 1. The minimum absolute atomic E-state index is 0.0748. The van der Waals surface area contributed by atoms with Gasteiger partial charge in [0, 0.05) is 6.20 Å². The molecule has 0 fully saturated rings. The van der Waals surface area contributed by atoms with Gasteiger partial charge in [0.05, 0.1) is 36.8 Å². The van der Waals surface area contributed by atoms with E-state index in [1.807, 2.05) is 43.3 Å². The van der Waals surface area contributed by atoms with E-state index in [1.165, 1.54) is 18.1 Å². The number of benzene rings is 2. The average molecular weight is 402 g/mol. The molecule has 0 aliphatic carbocycles. The number of methoxy groups -OCH3 is 2. The fourth-order valence-corrected chi connectivity index (χ4v) is 3.25. The van der Waals surface area contributed by atoms with E-state index in [-0.39, 0.29) is 16.9 Å². The zero-order valence-corrected chi connectivity index (χ0v) is 16.6. The van der Waals surface area contributed by atoms with Crippen LogP contribution in [-0.2, 0) is 4.74 Å². The van der Waals surface area contributed by atoms with Crippen molar-refractivity contribution in [1.82, 2.24) is 19.6 Å². The normalized spacial score (nSPS) is 10.7. The minimum atomic E-state index is -0.629. The summed E-state index contributed by atoms with van der Waals surface area (Å²) in [5, 5.41) is 18.4. The number of ether oxygens (including phenoxy) is 2. The molecule has 0 atom stereocenters. The van der Waals surface area contributed by atoms with Crippen LogP contribution >= 0.6 is 0 Å². The molecule has 2 N–H and O–H groups in total. The molecule has 2 aromatic heterocycles. The summed E-state index contributed by atoms with van der Waals surface area (Å²) in [6.45, 7) is 1.88. The number of aromatic nitrogens is 4. The molecule has 2 heterocycles. The van der Waals surface area contributed by atoms with E-state index < -0.39 is 5.97 Å². The summed E-state index contributed by atoms with van der Waals surface area (Å²) >= 11 is 0. The number of nitrogens with two attached hydrogens (primary N) is 1. The van der Waals surface area contributed by atoms with Gasteiger partial charge in [-0.2, -0.15) is 10.1 Å². The van der Waals surface area contributed by atoms with E-state index in [0.29, 0.717) is 16.7 Å². The van der Waals surface area contributed by atoms with Crippen molar-refractivity contribution in [1.29, 1.82) is 5.26 Å². The second-order valence-electron chi connectivity index (χ2n) is 6.59. The van der Waals surface area contributed by atoms with Gasteiger partial charge in [-0.25, -0.2) is 4.79 Å². The van der Waals surface area contributed by atoms with Crippen LogP contribution in [0.2, 0.25) is 0 Å². The Kier molecular flexibility index (Phi) is 4.60. The van der Waals surface area contributed by atoms with Crippen LogP contribution in [0, 0.1) is 18.3 Å². The van der Waals surface area contributed by atoms with Crippen molar-refractivity contribution in [2.45, 2.75) is 6.92 Å². The Hall–Kier alpha value is -4.32. The Bertz CT molecular complexity index is 1310. The minimum Gasteiger partial charge on any atom is -0.497 e. The molecule has 0 saturated heterocycles. The largest absolute Gasteiger partial charge is 0.497 e. The monoisotopic (exact) mass is 402 g/mol. The summed E-state index contributed by atoms with van der Waals surface area (Å²) in [5.74, 6) is 0.109. The van der Waals surface area contributed by atoms with Crippen LogP contribution in [0.4, 0.5) is 5.69 Å². The van der Waals surface area contributed by atoms with E-state index in [0.717, 1.165) is 17.0 Å². The van der Waals surface area contributed by atoms with Crippen molar-refractivity contribution in [2.24, 2.45) is 0 Å². The molecule has 9 heteroatoms. The van der Waals surface area contributed by atoms with Crippen LogP contribution in [0.3, 0.4) is 0 Å². The van der Waals surface area contributed by atoms with Gasteiger partial charge in [0.1, 0.15) is 22.9 Å². The molecule has 30 heavy (non-hydrogen) atoms. The van der Waals surface area contributed by atoms with Crippen LogP contribution < -0.4 is 10.5 Å². The highest BCUT2D eigenvalue weighted by Crippen LogP contribution is 2.28. The fraction of sp³-hybridized carbons (Fsp3) is 0.143. The van der Waals surface area contributed by atoms with Crippen molar-refractivity contribution < 1.29 is 14.3 Å². The lowest BCUT2D eigenvalue weighted by atomic mass is 10.1. The fourth-order valence-electron chi connectivity index (χ4n) is 3.25. The highest BCUT2D eigenvalue weighted by Gasteiger charge is 2.23. The number of nitriles is 1. The maximum absolute atomic E-state index is 12.3. The lowest BCUT2D eigenvalue weighted by Crippen LogP contribution is -2.11. The van der Waals surface area contributed by atoms with Crippen LogP contribution in [0.1, 0.15) is 21.6 Å². The molecule has 0 aliphatic heterocycles. The molecule has 0 bridgehead atoms. The molecule has 2 aromatic carbocycles. The molecule has 0 amide bonds. The molecule has 0 radical (unpaired) electrons. The Labute approximate surface area is 171 Å². The highest BCUT2D eigenvalue weighted by atomic mass is 16.5. The maximum atomic E-state index is 12.3. The predicted molar refractivity (Wildman–Crippen MR) is 110 cm³/mol. The number of nitrogen functional groups attached to an aromatic ring is 1. The SMILES string of the molecule is COC(=O)c1c(N)c(C#N)cn1-c1cc2nn(-c3ccc(OC)cc3)nc2cc1C. The van der Waals surface area contributed by atoms with Gasteiger partial charge in [0.2, 0.25) is 0 Å². The molecule has 0 spiro atoms. The van der Waals surface area contributed by atoms with Gasteiger partial charge in [0.15, 0.2) is 5.69 Å². The number of hydrogen-bond donors (Lipinski definition) is 1. The molecule has 4 rings (SSSR count). The zero-order chi connectivity index (χ0) is 21.4. The first-order chi connectivity index (χ1) is 14.5. The van der Waals surface area contributed by atoms with Gasteiger partial charge in [0.25, 0.3) is 0 Å². The first kappa shape index (κ1) is 19.0. The Morgan fingerprint density at radius 1 is 1.13 bits per heavy atom. The third-order valence-electron chi connectivity index (χ3n) is 4.80. The van der Waals surface area contributed by atoms with E-state index in [4.69, 9.17) is 15.2 Å². The predicted octanol–water partition coefficient (Wildman–Crippen LogP) is 2.77. The number of carbonyl (C=O) groups excluding carboxylic acids is 1. The summed E-state index contributed by atoms with van der Waals surface area (Å²) in [7, 11) is 2.87. The molecule has 9 nitrogen and oxygen atoms in total. The first-order valence-electron chi connectivity index (χ1n) is 8.98. The molecule has 0 saturated carbocycles. The van der Waals surface area contributed by atoms with Gasteiger partial charge < -0.3 is 19.8 Å². The van der Waals surface area contributed by atoms with Crippen molar-refractivity contribution >= 4 is 22.7 Å². The molecule has 150 valence electrons. The second-order valence-corrected chi connectivity index (χ2v) is 6.59. The molecule has 4 aromatic rings. The van der Waals surface area contributed by atoms with Gasteiger partial charge in [-0.1, -0.05) is 0 Å². The number of esters is 1. The summed E-state index contributed by atoms with van der Waals surface area (Å²) in [6, 6.07) is 13.0. The summed E-state index contributed by atoms with van der Waals surface area (Å²) in [4.78, 5) is 13.8. The van der Waals surface area contributed by atoms with Gasteiger partial charge in [-0.3, -0.25) is 0 Å². The summed E-state index contributed by atoms with van der Waals surface area (Å²) < 4.78 is 11.6. The van der Waals surface area contributed by atoms with E-state index >= 15 is 0 Å². The maximum Gasteiger partial charge on any atom is 0.357 e. The lowest BCUT2D eigenvalue weighted by Gasteiger charge is -2.11. The average Bonchev–Trinajstić information content (AvgIpc) is 3.32. The number of rotatable bonds is 4. The van der Waals surface area contributed by atoms with Gasteiger partial charge in [-0.15, -0.1) is 10.2 Å². The third kappa shape index (κ3) is 3.00. The number of nitrogens with zero attached hydrogens (tertiary/aromatic N) is 5. The Morgan fingerprint density at radius 3 is 2.40 bits per heavy atom. The zero-order valence-electron chi connectivity index (χ0n) is 16.6. The van der Waals surface area contributed by atoms with Crippen LogP contribution in [-0.4, -0.2) is 39.7 Å². The van der Waals surface area contributed by atoms with Crippen molar-refractivity contribution in [3.8, 4) is 23.2 Å². The van der Waals surface area contributed by atoms with E-state index in [2.05, 4.69) is 10.2 Å². The molecular weight excluding hydrogens is 384 g/mol. The van der Waals surface area contributed by atoms with Gasteiger partial charge in [-0.05, 0) is 48.9 Å². The third-order valence-corrected chi connectivity index (χ3v) is 4.80. The first-order valence-corrected chi connectivity index (χ1v) is 8.98.